The second kappa shape index (κ2) is 6.86. The summed E-state index contributed by atoms with van der Waals surface area (Å²) in [5.41, 5.74) is 2.35. The highest BCUT2D eigenvalue weighted by molar-refractivity contribution is 9.10. The molecule has 25 heavy (non-hydrogen) atoms. The number of aryl methyl sites for hydroxylation is 1. The van der Waals surface area contributed by atoms with E-state index in [0.717, 1.165) is 15.7 Å². The lowest BCUT2D eigenvalue weighted by atomic mass is 10.1. The zero-order valence-electron chi connectivity index (χ0n) is 13.1. The number of benzene rings is 2. The molecule has 126 valence electrons. The predicted octanol–water partition coefficient (Wildman–Crippen LogP) is 4.10. The van der Waals surface area contributed by atoms with Crippen LogP contribution in [-0.4, -0.2) is 20.6 Å². The van der Waals surface area contributed by atoms with Gasteiger partial charge >= 0.3 is 0 Å². The third kappa shape index (κ3) is 3.74. The van der Waals surface area contributed by atoms with E-state index in [0.29, 0.717) is 11.3 Å². The van der Waals surface area contributed by atoms with Gasteiger partial charge in [0, 0.05) is 23.9 Å². The fourth-order valence-corrected chi connectivity index (χ4v) is 2.55. The average molecular weight is 401 g/mol. The molecule has 1 aromatic heterocycles. The van der Waals surface area contributed by atoms with Gasteiger partial charge in [-0.25, -0.2) is 4.68 Å². The summed E-state index contributed by atoms with van der Waals surface area (Å²) in [7, 11) is 0. The molecular formula is C17H13BrN4O3. The first-order valence-electron chi connectivity index (χ1n) is 7.31. The van der Waals surface area contributed by atoms with Crippen molar-refractivity contribution in [2.24, 2.45) is 0 Å². The Morgan fingerprint density at radius 1 is 1.24 bits per heavy atom. The van der Waals surface area contributed by atoms with Gasteiger partial charge in [-0.15, -0.1) is 0 Å². The quantitative estimate of drug-likeness (QED) is 0.527. The van der Waals surface area contributed by atoms with Crippen molar-refractivity contribution < 1.29 is 9.72 Å². The number of carbonyl (C=O) groups is 1. The molecule has 0 fully saturated rings. The maximum atomic E-state index is 12.4. The van der Waals surface area contributed by atoms with Crippen molar-refractivity contribution in [3.63, 3.8) is 0 Å². The van der Waals surface area contributed by atoms with Crippen molar-refractivity contribution in [2.45, 2.75) is 6.92 Å². The molecular weight excluding hydrogens is 388 g/mol. The van der Waals surface area contributed by atoms with Crippen LogP contribution in [0.1, 0.15) is 15.9 Å². The van der Waals surface area contributed by atoms with Crippen LogP contribution in [0.4, 0.5) is 11.4 Å². The second-order valence-electron chi connectivity index (χ2n) is 5.36. The molecule has 0 radical (unpaired) electrons. The van der Waals surface area contributed by atoms with E-state index in [1.54, 1.807) is 48.1 Å². The topological polar surface area (TPSA) is 90.1 Å². The van der Waals surface area contributed by atoms with E-state index >= 15 is 0 Å². The van der Waals surface area contributed by atoms with Crippen molar-refractivity contribution in [1.82, 2.24) is 9.78 Å². The molecule has 1 heterocycles. The molecule has 0 saturated heterocycles. The Labute approximate surface area is 151 Å². The Morgan fingerprint density at radius 2 is 1.96 bits per heavy atom. The number of amides is 1. The van der Waals surface area contributed by atoms with E-state index in [1.165, 1.54) is 12.1 Å². The van der Waals surface area contributed by atoms with Gasteiger partial charge in [-0.2, -0.15) is 5.10 Å². The summed E-state index contributed by atoms with van der Waals surface area (Å²) in [4.78, 5) is 22.8. The first-order valence-corrected chi connectivity index (χ1v) is 8.10. The Morgan fingerprint density at radius 3 is 2.56 bits per heavy atom. The predicted molar refractivity (Wildman–Crippen MR) is 97.1 cm³/mol. The third-order valence-electron chi connectivity index (χ3n) is 3.63. The van der Waals surface area contributed by atoms with Crippen molar-refractivity contribution in [3.05, 3.63) is 80.6 Å². The Bertz CT molecular complexity index is 951. The fourth-order valence-electron chi connectivity index (χ4n) is 2.26. The number of rotatable bonds is 4. The van der Waals surface area contributed by atoms with Crippen LogP contribution in [-0.2, 0) is 0 Å². The first kappa shape index (κ1) is 16.8. The largest absolute Gasteiger partial charge is 0.321 e. The van der Waals surface area contributed by atoms with Crippen LogP contribution in [0.5, 0.6) is 0 Å². The number of carbonyl (C=O) groups excluding carboxylic acids is 1. The number of nitro benzene ring substituents is 1. The molecule has 0 unspecified atom stereocenters. The minimum Gasteiger partial charge on any atom is -0.321 e. The molecule has 0 aliphatic rings. The second-order valence-corrected chi connectivity index (χ2v) is 6.28. The Kier molecular flexibility index (Phi) is 4.62. The molecule has 0 aliphatic heterocycles. The highest BCUT2D eigenvalue weighted by Gasteiger charge is 2.12. The lowest BCUT2D eigenvalue weighted by molar-refractivity contribution is -0.384. The molecule has 2 aromatic carbocycles. The van der Waals surface area contributed by atoms with E-state index in [-0.39, 0.29) is 11.6 Å². The Hall–Kier alpha value is -3.00. The summed E-state index contributed by atoms with van der Waals surface area (Å²) in [6.45, 7) is 1.78. The number of hydrogen-bond acceptors (Lipinski definition) is 4. The van der Waals surface area contributed by atoms with Gasteiger partial charge in [0.05, 0.1) is 27.0 Å². The highest BCUT2D eigenvalue weighted by atomic mass is 79.9. The maximum absolute atomic E-state index is 12.4. The summed E-state index contributed by atoms with van der Waals surface area (Å²) < 4.78 is 2.53. The molecule has 3 aromatic rings. The van der Waals surface area contributed by atoms with Crippen molar-refractivity contribution in [1.29, 1.82) is 0 Å². The number of nitrogens with one attached hydrogen (secondary N) is 1. The van der Waals surface area contributed by atoms with Gasteiger partial charge in [0.1, 0.15) is 0 Å². The smallest absolute Gasteiger partial charge is 0.271 e. The SMILES string of the molecule is Cc1ccc([N+](=O)[O-])cc1NC(=O)c1ccc(-n2cc(Br)cn2)cc1. The van der Waals surface area contributed by atoms with Gasteiger partial charge in [0.15, 0.2) is 0 Å². The van der Waals surface area contributed by atoms with Crippen LogP contribution in [0.2, 0.25) is 0 Å². The molecule has 0 saturated carbocycles. The van der Waals surface area contributed by atoms with Gasteiger partial charge in [0.25, 0.3) is 11.6 Å². The molecule has 0 atom stereocenters. The minimum atomic E-state index is -0.494. The molecule has 1 N–H and O–H groups in total. The third-order valence-corrected chi connectivity index (χ3v) is 4.03. The van der Waals surface area contributed by atoms with Gasteiger partial charge in [-0.05, 0) is 52.7 Å². The molecule has 3 rings (SSSR count). The number of non-ortho nitro benzene ring substituents is 1. The van der Waals surface area contributed by atoms with Gasteiger partial charge in [-0.3, -0.25) is 14.9 Å². The van der Waals surface area contributed by atoms with Crippen LogP contribution >= 0.6 is 15.9 Å². The summed E-state index contributed by atoms with van der Waals surface area (Å²) >= 11 is 3.33. The van der Waals surface area contributed by atoms with E-state index in [1.807, 2.05) is 6.20 Å². The van der Waals surface area contributed by atoms with E-state index < -0.39 is 4.92 Å². The first-order chi connectivity index (χ1) is 11.9. The van der Waals surface area contributed by atoms with Crippen LogP contribution < -0.4 is 5.32 Å². The lowest BCUT2D eigenvalue weighted by Gasteiger charge is -2.09. The number of aromatic nitrogens is 2. The van der Waals surface area contributed by atoms with Crippen molar-refractivity contribution in [3.8, 4) is 5.69 Å². The summed E-state index contributed by atoms with van der Waals surface area (Å²) in [6, 6.07) is 11.3. The molecule has 0 spiro atoms. The van der Waals surface area contributed by atoms with Gasteiger partial charge in [-0.1, -0.05) is 6.07 Å². The zero-order valence-corrected chi connectivity index (χ0v) is 14.7. The number of halogens is 1. The molecule has 1 amide bonds. The summed E-state index contributed by atoms with van der Waals surface area (Å²) in [6.07, 6.45) is 3.48. The molecule has 0 bridgehead atoms. The number of anilines is 1. The number of hydrogen-bond donors (Lipinski definition) is 1. The number of nitro groups is 1. The maximum Gasteiger partial charge on any atom is 0.271 e. The van der Waals surface area contributed by atoms with Crippen LogP contribution in [0, 0.1) is 17.0 Å². The van der Waals surface area contributed by atoms with Gasteiger partial charge in [0.2, 0.25) is 0 Å². The normalized spacial score (nSPS) is 10.5. The van der Waals surface area contributed by atoms with Crippen molar-refractivity contribution >= 4 is 33.2 Å². The van der Waals surface area contributed by atoms with Crippen LogP contribution in [0.15, 0.2) is 59.3 Å². The monoisotopic (exact) mass is 400 g/mol. The highest BCUT2D eigenvalue weighted by Crippen LogP contribution is 2.22. The molecule has 0 aliphatic carbocycles. The van der Waals surface area contributed by atoms with Gasteiger partial charge < -0.3 is 5.32 Å². The standard InChI is InChI=1S/C17H13BrN4O3/c1-11-2-5-15(22(24)25)8-16(11)20-17(23)12-3-6-14(7-4-12)21-10-13(18)9-19-21/h2-10H,1H3,(H,20,23). The Balaban J connectivity index is 1.80. The van der Waals surface area contributed by atoms with Crippen molar-refractivity contribution in [2.75, 3.05) is 5.32 Å². The minimum absolute atomic E-state index is 0.0690. The van der Waals surface area contributed by atoms with Crippen LogP contribution in [0.3, 0.4) is 0 Å². The molecule has 8 heteroatoms. The summed E-state index contributed by atoms with van der Waals surface area (Å²) in [5, 5.41) is 17.8. The average Bonchev–Trinajstić information content (AvgIpc) is 3.03. The van der Waals surface area contributed by atoms with E-state index in [4.69, 9.17) is 0 Å². The summed E-state index contributed by atoms with van der Waals surface area (Å²) in [5.74, 6) is -0.336. The zero-order chi connectivity index (χ0) is 18.0. The lowest BCUT2D eigenvalue weighted by Crippen LogP contribution is -2.13. The number of nitrogens with zero attached hydrogens (tertiary/aromatic N) is 3. The van der Waals surface area contributed by atoms with E-state index in [9.17, 15) is 14.9 Å². The van der Waals surface area contributed by atoms with E-state index in [2.05, 4.69) is 26.3 Å². The fraction of sp³-hybridized carbons (Fsp3) is 0.0588. The molecule has 7 nitrogen and oxygen atoms in total. The van der Waals surface area contributed by atoms with Crippen LogP contribution in [0.25, 0.3) is 5.69 Å².